The van der Waals surface area contributed by atoms with Crippen molar-refractivity contribution in [1.82, 2.24) is 28.7 Å². The van der Waals surface area contributed by atoms with Crippen LogP contribution in [-0.4, -0.2) is 52.9 Å². The molecule has 3 aromatic carbocycles. The van der Waals surface area contributed by atoms with Crippen LogP contribution in [0.1, 0.15) is 59.7 Å². The molecule has 0 fully saturated rings. The fraction of sp³-hybridized carbons (Fsp3) is 0.432. The summed E-state index contributed by atoms with van der Waals surface area (Å²) in [6, 6.07) is 27.1. The SMILES string of the molecule is CC(C)n1c([Si](C)(C)C([Si](C)(C)c2nc3ccccc3n2C(C)C)[Si](C)(C)c2nc3ccccc3n2C(C)C)nc2ccccc21. The summed E-state index contributed by atoms with van der Waals surface area (Å²) in [6.45, 7) is 29.6. The van der Waals surface area contributed by atoms with Gasteiger partial charge in [0.1, 0.15) is 24.2 Å². The highest BCUT2D eigenvalue weighted by Gasteiger charge is 2.59. The average molecular weight is 665 g/mol. The third-order valence-corrected chi connectivity index (χ3v) is 32.1. The summed E-state index contributed by atoms with van der Waals surface area (Å²) in [5, 5.41) is 0. The van der Waals surface area contributed by atoms with Crippen LogP contribution in [0.4, 0.5) is 0 Å². The van der Waals surface area contributed by atoms with E-state index in [0.717, 1.165) is 16.6 Å². The molecule has 0 aliphatic rings. The van der Waals surface area contributed by atoms with Crippen molar-refractivity contribution in [2.75, 3.05) is 0 Å². The van der Waals surface area contributed by atoms with E-state index >= 15 is 0 Å². The number of fused-ring (bicyclic) bond motifs is 3. The lowest BCUT2D eigenvalue weighted by atomic mass is 10.3. The van der Waals surface area contributed by atoms with E-state index in [1.807, 2.05) is 0 Å². The van der Waals surface area contributed by atoms with Crippen LogP contribution < -0.4 is 16.3 Å². The fourth-order valence-electron chi connectivity index (χ4n) is 9.16. The van der Waals surface area contributed by atoms with E-state index in [9.17, 15) is 0 Å². The Morgan fingerprint density at radius 2 is 0.652 bits per heavy atom. The minimum absolute atomic E-state index is 0.310. The van der Waals surface area contributed by atoms with Crippen LogP contribution >= 0.6 is 0 Å². The Balaban J connectivity index is 1.70. The van der Waals surface area contributed by atoms with Crippen molar-refractivity contribution in [3.8, 4) is 0 Å². The Labute approximate surface area is 277 Å². The smallest absolute Gasteiger partial charge is 0.125 e. The molecule has 0 radical (unpaired) electrons. The van der Waals surface area contributed by atoms with E-state index in [4.69, 9.17) is 15.0 Å². The summed E-state index contributed by atoms with van der Waals surface area (Å²) in [5.41, 5.74) is 11.0. The Morgan fingerprint density at radius 3 is 0.891 bits per heavy atom. The molecule has 0 aliphatic heterocycles. The highest BCUT2D eigenvalue weighted by molar-refractivity contribution is 7.22. The second-order valence-electron chi connectivity index (χ2n) is 15.8. The van der Waals surface area contributed by atoms with E-state index in [1.165, 1.54) is 32.9 Å². The van der Waals surface area contributed by atoms with Crippen molar-refractivity contribution in [3.63, 3.8) is 0 Å². The topological polar surface area (TPSA) is 53.5 Å². The minimum Gasteiger partial charge on any atom is -0.330 e. The summed E-state index contributed by atoms with van der Waals surface area (Å²) >= 11 is 0. The lowest BCUT2D eigenvalue weighted by molar-refractivity contribution is 0.629. The molecular formula is C37H52N6Si3. The normalized spacial score (nSPS) is 13.6. The zero-order chi connectivity index (χ0) is 33.3. The van der Waals surface area contributed by atoms with Gasteiger partial charge >= 0.3 is 0 Å². The lowest BCUT2D eigenvalue weighted by Gasteiger charge is -2.49. The van der Waals surface area contributed by atoms with E-state index in [2.05, 4.69) is 167 Å². The van der Waals surface area contributed by atoms with Crippen LogP contribution in [0.25, 0.3) is 33.1 Å². The number of hydrogen-bond acceptors (Lipinski definition) is 3. The number of rotatable bonds is 9. The highest BCUT2D eigenvalue weighted by Crippen LogP contribution is 2.42. The molecule has 0 spiro atoms. The molecule has 3 aromatic heterocycles. The van der Waals surface area contributed by atoms with Gasteiger partial charge in [0, 0.05) is 18.1 Å². The summed E-state index contributed by atoms with van der Waals surface area (Å²) in [6.07, 6.45) is 0. The van der Waals surface area contributed by atoms with E-state index in [1.54, 1.807) is 0 Å². The monoisotopic (exact) mass is 664 g/mol. The molecular weight excluding hydrogens is 613 g/mol. The molecule has 6 aromatic rings. The van der Waals surface area contributed by atoms with Crippen molar-refractivity contribution in [2.45, 2.75) is 104 Å². The first-order valence-corrected chi connectivity index (χ1v) is 26.3. The third-order valence-electron chi connectivity index (χ3n) is 10.2. The van der Waals surface area contributed by atoms with Gasteiger partial charge in [0.15, 0.2) is 0 Å². The summed E-state index contributed by atoms with van der Waals surface area (Å²) in [7, 11) is -7.14. The number of aromatic nitrogens is 6. The maximum atomic E-state index is 5.56. The minimum atomic E-state index is -2.38. The Hall–Kier alpha value is -3.28. The molecule has 0 bridgehead atoms. The summed E-state index contributed by atoms with van der Waals surface area (Å²) < 4.78 is 7.71. The van der Waals surface area contributed by atoms with Crippen LogP contribution in [-0.2, 0) is 0 Å². The van der Waals surface area contributed by atoms with E-state index < -0.39 is 24.2 Å². The zero-order valence-electron chi connectivity index (χ0n) is 29.9. The molecule has 0 N–H and O–H groups in total. The van der Waals surface area contributed by atoms with Gasteiger partial charge in [-0.05, 0) is 82.7 Å². The van der Waals surface area contributed by atoms with E-state index in [0.29, 0.717) is 22.9 Å². The molecule has 242 valence electrons. The second-order valence-corrected chi connectivity index (χ2v) is 30.9. The molecule has 3 heterocycles. The van der Waals surface area contributed by atoms with Crippen molar-refractivity contribution >= 4 is 73.7 Å². The first-order valence-electron chi connectivity index (χ1n) is 17.0. The van der Waals surface area contributed by atoms with Gasteiger partial charge in [0.05, 0.1) is 49.4 Å². The molecule has 0 amide bonds. The molecule has 46 heavy (non-hydrogen) atoms. The number of benzene rings is 3. The summed E-state index contributed by atoms with van der Waals surface area (Å²) in [5.74, 6) is 0. The number of nitrogens with zero attached hydrogens (tertiary/aromatic N) is 6. The predicted molar refractivity (Wildman–Crippen MR) is 205 cm³/mol. The molecule has 6 nitrogen and oxygen atoms in total. The average Bonchev–Trinajstić information content (AvgIpc) is 3.69. The van der Waals surface area contributed by atoms with Gasteiger partial charge in [-0.1, -0.05) is 75.7 Å². The molecule has 0 unspecified atom stereocenters. The molecule has 6 rings (SSSR count). The van der Waals surface area contributed by atoms with Crippen LogP contribution in [0.15, 0.2) is 72.8 Å². The Bertz CT molecular complexity index is 1810. The molecule has 9 heteroatoms. The van der Waals surface area contributed by atoms with Crippen molar-refractivity contribution in [1.29, 1.82) is 0 Å². The first kappa shape index (κ1) is 32.7. The van der Waals surface area contributed by atoms with Gasteiger partial charge in [0.25, 0.3) is 0 Å². The van der Waals surface area contributed by atoms with Crippen LogP contribution in [0, 0.1) is 0 Å². The molecule has 0 atom stereocenters. The van der Waals surface area contributed by atoms with Gasteiger partial charge in [0.2, 0.25) is 0 Å². The molecule has 0 aliphatic carbocycles. The van der Waals surface area contributed by atoms with Crippen molar-refractivity contribution in [3.05, 3.63) is 72.8 Å². The van der Waals surface area contributed by atoms with Gasteiger partial charge in [-0.25, -0.2) is 15.0 Å². The van der Waals surface area contributed by atoms with E-state index in [-0.39, 0.29) is 0 Å². The van der Waals surface area contributed by atoms with Crippen LogP contribution in [0.5, 0.6) is 0 Å². The standard InChI is InChI=1S/C37H52N6Si3/c1-25(2)41-31-22-16-13-19-28(31)38-34(41)44(7,8)37(45(9,10)35-39-29-20-14-17-23-32(29)42(35)26(3)4)46(11,12)36-40-30-21-15-18-24-33(30)43(36)27(5)6/h13-27,37H,1-12H3. The van der Waals surface area contributed by atoms with Gasteiger partial charge in [-0.3, -0.25) is 0 Å². The number of imidazole rings is 3. The van der Waals surface area contributed by atoms with Crippen LogP contribution in [0.3, 0.4) is 0 Å². The highest BCUT2D eigenvalue weighted by atomic mass is 28.5. The largest absolute Gasteiger partial charge is 0.330 e. The molecule has 0 saturated heterocycles. The number of hydrogen-bond donors (Lipinski definition) is 0. The number of para-hydroxylation sites is 6. The zero-order valence-corrected chi connectivity index (χ0v) is 32.9. The maximum Gasteiger partial charge on any atom is 0.125 e. The van der Waals surface area contributed by atoms with Gasteiger partial charge < -0.3 is 13.7 Å². The summed E-state index contributed by atoms with van der Waals surface area (Å²) in [4.78, 5) is 17.1. The fourth-order valence-corrected chi connectivity index (χ4v) is 38.1. The predicted octanol–water partition coefficient (Wildman–Crippen LogP) is 8.07. The van der Waals surface area contributed by atoms with Gasteiger partial charge in [-0.15, -0.1) is 0 Å². The quantitative estimate of drug-likeness (QED) is 0.147. The first-order chi connectivity index (χ1) is 21.6. The van der Waals surface area contributed by atoms with Crippen molar-refractivity contribution in [2.24, 2.45) is 0 Å². The maximum absolute atomic E-state index is 5.56. The Morgan fingerprint density at radius 1 is 0.413 bits per heavy atom. The van der Waals surface area contributed by atoms with Crippen LogP contribution in [0.2, 0.25) is 44.1 Å². The van der Waals surface area contributed by atoms with Gasteiger partial charge in [-0.2, -0.15) is 0 Å². The van der Waals surface area contributed by atoms with Crippen molar-refractivity contribution < 1.29 is 0 Å². The second kappa shape index (κ2) is 11.5. The Kier molecular flexibility index (Phi) is 8.13. The lowest BCUT2D eigenvalue weighted by Crippen LogP contribution is -2.73. The molecule has 0 saturated carbocycles. The third kappa shape index (κ3) is 4.97.